The summed E-state index contributed by atoms with van der Waals surface area (Å²) in [4.78, 5) is 0.840. The van der Waals surface area contributed by atoms with Crippen molar-refractivity contribution >= 4 is 21.4 Å². The van der Waals surface area contributed by atoms with Crippen LogP contribution in [0.25, 0.3) is 0 Å². The summed E-state index contributed by atoms with van der Waals surface area (Å²) in [6, 6.07) is 9.40. The molecule has 21 heavy (non-hydrogen) atoms. The van der Waals surface area contributed by atoms with Crippen LogP contribution in [0.3, 0.4) is 0 Å². The molecule has 0 amide bonds. The Morgan fingerprint density at radius 2 is 1.90 bits per heavy atom. The zero-order valence-corrected chi connectivity index (χ0v) is 13.7. The number of hydrogen-bond donors (Lipinski definition) is 2. The highest BCUT2D eigenvalue weighted by Crippen LogP contribution is 2.19. The van der Waals surface area contributed by atoms with Crippen LogP contribution in [0, 0.1) is 0 Å². The van der Waals surface area contributed by atoms with Gasteiger partial charge in [-0.25, -0.2) is 13.1 Å². The van der Waals surface area contributed by atoms with E-state index in [2.05, 4.69) is 18.6 Å². The normalized spacial score (nSPS) is 12.0. The fraction of sp³-hybridized carbons (Fsp3) is 0.333. The third-order valence-corrected chi connectivity index (χ3v) is 5.66. The number of hydrogen-bond acceptors (Lipinski definition) is 4. The standard InChI is InChI=1S/C15H19NO3S2/c1-11(2)13-5-3-12(4-6-13)8-16-21(18,19)15-7-14(9-17)20-10-15/h3-7,10-11,16-17H,8-9H2,1-2H3. The van der Waals surface area contributed by atoms with Gasteiger partial charge in [-0.15, -0.1) is 11.3 Å². The van der Waals surface area contributed by atoms with Crippen LogP contribution in [-0.4, -0.2) is 13.5 Å². The summed E-state index contributed by atoms with van der Waals surface area (Å²) >= 11 is 1.23. The van der Waals surface area contributed by atoms with Gasteiger partial charge >= 0.3 is 0 Å². The minimum absolute atomic E-state index is 0.142. The number of rotatable bonds is 6. The quantitative estimate of drug-likeness (QED) is 0.858. The highest BCUT2D eigenvalue weighted by atomic mass is 32.2. The largest absolute Gasteiger partial charge is 0.391 e. The van der Waals surface area contributed by atoms with Gasteiger partial charge in [0.2, 0.25) is 10.0 Å². The van der Waals surface area contributed by atoms with Crippen molar-refractivity contribution in [1.82, 2.24) is 4.72 Å². The lowest BCUT2D eigenvalue weighted by Gasteiger charge is -2.08. The second-order valence-electron chi connectivity index (χ2n) is 5.13. The second kappa shape index (κ2) is 6.70. The number of aliphatic hydroxyl groups excluding tert-OH is 1. The van der Waals surface area contributed by atoms with Crippen LogP contribution in [0.2, 0.25) is 0 Å². The van der Waals surface area contributed by atoms with E-state index in [1.54, 1.807) is 0 Å². The first-order valence-corrected chi connectivity index (χ1v) is 9.05. The molecule has 2 N–H and O–H groups in total. The van der Waals surface area contributed by atoms with Gasteiger partial charge in [-0.1, -0.05) is 38.1 Å². The third-order valence-electron chi connectivity index (χ3n) is 3.21. The predicted octanol–water partition coefficient (Wildman–Crippen LogP) is 2.84. The highest BCUT2D eigenvalue weighted by molar-refractivity contribution is 7.89. The Balaban J connectivity index is 2.04. The van der Waals surface area contributed by atoms with Crippen LogP contribution < -0.4 is 4.72 Å². The summed E-state index contributed by atoms with van der Waals surface area (Å²) in [7, 11) is -3.52. The van der Waals surface area contributed by atoms with Gasteiger partial charge in [-0.3, -0.25) is 0 Å². The minimum Gasteiger partial charge on any atom is -0.391 e. The van der Waals surface area contributed by atoms with Gasteiger partial charge in [-0.05, 0) is 23.1 Å². The maximum Gasteiger partial charge on any atom is 0.241 e. The molecule has 0 spiro atoms. The Bertz CT molecular complexity index is 688. The first-order valence-electron chi connectivity index (χ1n) is 6.69. The molecular weight excluding hydrogens is 306 g/mol. The van der Waals surface area contributed by atoms with Crippen LogP contribution >= 0.6 is 11.3 Å². The van der Waals surface area contributed by atoms with E-state index in [1.165, 1.54) is 28.3 Å². The number of sulfonamides is 1. The lowest BCUT2D eigenvalue weighted by Crippen LogP contribution is -2.22. The molecule has 0 atom stereocenters. The van der Waals surface area contributed by atoms with Gasteiger partial charge in [0, 0.05) is 16.8 Å². The molecular formula is C15H19NO3S2. The number of benzene rings is 1. The van der Waals surface area contributed by atoms with Gasteiger partial charge in [0.1, 0.15) is 0 Å². The molecule has 2 rings (SSSR count). The van der Waals surface area contributed by atoms with Crippen molar-refractivity contribution < 1.29 is 13.5 Å². The molecule has 0 bridgehead atoms. The Morgan fingerprint density at radius 3 is 2.43 bits per heavy atom. The van der Waals surface area contributed by atoms with Crippen molar-refractivity contribution in [3.05, 3.63) is 51.7 Å². The molecule has 0 unspecified atom stereocenters. The van der Waals surface area contributed by atoms with E-state index < -0.39 is 10.0 Å². The Kier molecular flexibility index (Phi) is 5.16. The molecule has 0 aliphatic rings. The Hall–Kier alpha value is -1.21. The zero-order chi connectivity index (χ0) is 15.5. The molecule has 0 aliphatic carbocycles. The first kappa shape index (κ1) is 16.2. The van der Waals surface area contributed by atoms with Crippen molar-refractivity contribution in [2.45, 2.75) is 37.8 Å². The molecule has 0 radical (unpaired) electrons. The summed E-state index contributed by atoms with van der Waals surface area (Å²) in [6.45, 7) is 4.35. The van der Waals surface area contributed by atoms with E-state index in [9.17, 15) is 8.42 Å². The summed E-state index contributed by atoms with van der Waals surface area (Å²) in [6.07, 6.45) is 0. The van der Waals surface area contributed by atoms with E-state index in [4.69, 9.17) is 5.11 Å². The molecule has 1 aromatic heterocycles. The lowest BCUT2D eigenvalue weighted by molar-refractivity contribution is 0.285. The number of aliphatic hydroxyl groups is 1. The van der Waals surface area contributed by atoms with E-state index in [0.29, 0.717) is 10.8 Å². The van der Waals surface area contributed by atoms with Gasteiger partial charge in [-0.2, -0.15) is 0 Å². The smallest absolute Gasteiger partial charge is 0.241 e. The van der Waals surface area contributed by atoms with Crippen LogP contribution in [0.4, 0.5) is 0 Å². The van der Waals surface area contributed by atoms with Crippen molar-refractivity contribution in [1.29, 1.82) is 0 Å². The molecule has 6 heteroatoms. The summed E-state index contributed by atoms with van der Waals surface area (Å²) in [5, 5.41) is 10.5. The van der Waals surface area contributed by atoms with Crippen molar-refractivity contribution in [3.63, 3.8) is 0 Å². The predicted molar refractivity (Wildman–Crippen MR) is 84.8 cm³/mol. The first-order chi connectivity index (χ1) is 9.92. The van der Waals surface area contributed by atoms with Gasteiger partial charge in [0.15, 0.2) is 0 Å². The fourth-order valence-electron chi connectivity index (χ4n) is 1.87. The molecule has 0 saturated heterocycles. The fourth-order valence-corrected chi connectivity index (χ4v) is 4.02. The number of nitrogens with one attached hydrogen (secondary N) is 1. The van der Waals surface area contributed by atoms with Gasteiger partial charge in [0.25, 0.3) is 0 Å². The third kappa shape index (κ3) is 4.14. The summed E-state index contributed by atoms with van der Waals surface area (Å²) < 4.78 is 26.8. The number of thiophene rings is 1. The maximum atomic E-state index is 12.1. The van der Waals surface area contributed by atoms with E-state index in [1.807, 2.05) is 24.3 Å². The van der Waals surface area contributed by atoms with Crippen LogP contribution in [-0.2, 0) is 23.2 Å². The molecule has 1 aromatic carbocycles. The molecule has 4 nitrogen and oxygen atoms in total. The minimum atomic E-state index is -3.52. The Morgan fingerprint density at radius 1 is 1.24 bits per heavy atom. The molecule has 114 valence electrons. The molecule has 0 fully saturated rings. The summed E-state index contributed by atoms with van der Waals surface area (Å²) in [5.41, 5.74) is 2.15. The molecule has 1 heterocycles. The molecule has 0 aliphatic heterocycles. The molecule has 0 saturated carbocycles. The Labute approximate surface area is 129 Å². The van der Waals surface area contributed by atoms with E-state index >= 15 is 0 Å². The average Bonchev–Trinajstić information content (AvgIpc) is 2.95. The monoisotopic (exact) mass is 325 g/mol. The van der Waals surface area contributed by atoms with E-state index in [-0.39, 0.29) is 18.0 Å². The zero-order valence-electron chi connectivity index (χ0n) is 12.0. The topological polar surface area (TPSA) is 66.4 Å². The maximum absolute atomic E-state index is 12.1. The highest BCUT2D eigenvalue weighted by Gasteiger charge is 2.15. The van der Waals surface area contributed by atoms with Crippen molar-refractivity contribution in [2.24, 2.45) is 0 Å². The van der Waals surface area contributed by atoms with Crippen molar-refractivity contribution in [2.75, 3.05) is 0 Å². The second-order valence-corrected chi connectivity index (χ2v) is 7.89. The summed E-state index contributed by atoms with van der Waals surface area (Å²) in [5.74, 6) is 0.457. The SMILES string of the molecule is CC(C)c1ccc(CNS(=O)(=O)c2csc(CO)c2)cc1. The van der Waals surface area contributed by atoms with Gasteiger partial charge < -0.3 is 5.11 Å². The van der Waals surface area contributed by atoms with Crippen LogP contribution in [0.15, 0.2) is 40.6 Å². The van der Waals surface area contributed by atoms with E-state index in [0.717, 1.165) is 5.56 Å². The van der Waals surface area contributed by atoms with Crippen LogP contribution in [0.5, 0.6) is 0 Å². The lowest BCUT2D eigenvalue weighted by atomic mass is 10.0. The average molecular weight is 325 g/mol. The molecule has 2 aromatic rings. The van der Waals surface area contributed by atoms with Crippen LogP contribution in [0.1, 0.15) is 35.8 Å². The van der Waals surface area contributed by atoms with Crippen molar-refractivity contribution in [3.8, 4) is 0 Å². The van der Waals surface area contributed by atoms with Gasteiger partial charge in [0.05, 0.1) is 11.5 Å².